The molecule has 0 radical (unpaired) electrons. The first-order valence-electron chi connectivity index (χ1n) is 9.02. The molecule has 1 saturated carbocycles. The predicted octanol–water partition coefficient (Wildman–Crippen LogP) is 3.27. The summed E-state index contributed by atoms with van der Waals surface area (Å²) in [5.74, 6) is -0.854. The van der Waals surface area contributed by atoms with Crippen LogP contribution in [0.5, 0.6) is 0 Å². The van der Waals surface area contributed by atoms with E-state index in [1.54, 1.807) is 12.1 Å². The molecule has 1 saturated heterocycles. The van der Waals surface area contributed by atoms with Gasteiger partial charge >= 0.3 is 5.97 Å². The van der Waals surface area contributed by atoms with Gasteiger partial charge in [-0.2, -0.15) is 0 Å². The molecule has 0 atom stereocenters. The van der Waals surface area contributed by atoms with Crippen LogP contribution in [0.4, 0.5) is 0 Å². The molecule has 126 valence electrons. The largest absolute Gasteiger partial charge is 0.478 e. The van der Waals surface area contributed by atoms with Crippen LogP contribution < -0.4 is 5.32 Å². The van der Waals surface area contributed by atoms with Crippen LogP contribution in [-0.2, 0) is 6.54 Å². The molecule has 4 nitrogen and oxygen atoms in total. The molecule has 0 spiro atoms. The average Bonchev–Trinajstić information content (AvgIpc) is 2.61. The van der Waals surface area contributed by atoms with Crippen molar-refractivity contribution in [1.82, 2.24) is 10.2 Å². The van der Waals surface area contributed by atoms with Crippen LogP contribution in [0.3, 0.4) is 0 Å². The van der Waals surface area contributed by atoms with E-state index in [9.17, 15) is 4.79 Å². The number of piperidine rings is 1. The third kappa shape index (κ3) is 4.55. The van der Waals surface area contributed by atoms with Crippen LogP contribution in [0, 0.1) is 0 Å². The Kier molecular flexibility index (Phi) is 5.68. The summed E-state index contributed by atoms with van der Waals surface area (Å²) in [6.07, 6.45) is 9.42. The number of hydrogen-bond acceptors (Lipinski definition) is 3. The van der Waals surface area contributed by atoms with E-state index in [2.05, 4.69) is 10.2 Å². The number of nitrogens with zero attached hydrogens (tertiary/aromatic N) is 1. The second-order valence-corrected chi connectivity index (χ2v) is 6.99. The SMILES string of the molecule is O=C(O)c1cccc(CNC2CCN(C3CCCCC3)CC2)c1. The lowest BCUT2D eigenvalue weighted by Gasteiger charge is -2.39. The third-order valence-electron chi connectivity index (χ3n) is 5.39. The minimum atomic E-state index is -0.854. The molecule has 3 rings (SSSR count). The van der Waals surface area contributed by atoms with Crippen molar-refractivity contribution in [3.8, 4) is 0 Å². The Morgan fingerprint density at radius 2 is 1.87 bits per heavy atom. The normalized spacial score (nSPS) is 21.4. The zero-order valence-electron chi connectivity index (χ0n) is 13.8. The summed E-state index contributed by atoms with van der Waals surface area (Å²) in [6.45, 7) is 3.17. The molecule has 1 aliphatic carbocycles. The highest BCUT2D eigenvalue weighted by molar-refractivity contribution is 5.87. The van der Waals surface area contributed by atoms with Gasteiger partial charge in [0.25, 0.3) is 0 Å². The molecule has 1 aliphatic heterocycles. The number of nitrogens with one attached hydrogen (secondary N) is 1. The molecule has 0 bridgehead atoms. The summed E-state index contributed by atoms with van der Waals surface area (Å²) in [7, 11) is 0. The lowest BCUT2D eigenvalue weighted by atomic mass is 9.92. The number of likely N-dealkylation sites (tertiary alicyclic amines) is 1. The second kappa shape index (κ2) is 7.93. The minimum absolute atomic E-state index is 0.372. The zero-order chi connectivity index (χ0) is 16.1. The molecular formula is C19H28N2O2. The zero-order valence-corrected chi connectivity index (χ0v) is 13.8. The highest BCUT2D eigenvalue weighted by Crippen LogP contribution is 2.25. The molecule has 1 heterocycles. The Morgan fingerprint density at radius 3 is 2.57 bits per heavy atom. The number of carboxylic acid groups (broad SMARTS) is 1. The molecule has 4 heteroatoms. The Bertz CT molecular complexity index is 518. The van der Waals surface area contributed by atoms with E-state index < -0.39 is 5.97 Å². The van der Waals surface area contributed by atoms with E-state index in [0.717, 1.165) is 18.2 Å². The molecule has 23 heavy (non-hydrogen) atoms. The van der Waals surface area contributed by atoms with Gasteiger partial charge in [0.05, 0.1) is 5.56 Å². The van der Waals surface area contributed by atoms with Gasteiger partial charge in [-0.1, -0.05) is 31.4 Å². The number of aromatic carboxylic acids is 1. The van der Waals surface area contributed by atoms with Gasteiger partial charge in [-0.05, 0) is 56.5 Å². The first kappa shape index (κ1) is 16.5. The van der Waals surface area contributed by atoms with E-state index in [0.29, 0.717) is 11.6 Å². The number of benzene rings is 1. The second-order valence-electron chi connectivity index (χ2n) is 6.99. The summed E-state index contributed by atoms with van der Waals surface area (Å²) in [6, 6.07) is 8.63. The van der Waals surface area contributed by atoms with E-state index in [1.807, 2.05) is 12.1 Å². The van der Waals surface area contributed by atoms with Gasteiger partial charge in [0, 0.05) is 18.6 Å². The molecule has 2 fully saturated rings. The summed E-state index contributed by atoms with van der Waals surface area (Å²) >= 11 is 0. The molecule has 1 aromatic rings. The molecule has 0 unspecified atom stereocenters. The van der Waals surface area contributed by atoms with Gasteiger partial charge in [0.15, 0.2) is 0 Å². The fraction of sp³-hybridized carbons (Fsp3) is 0.632. The van der Waals surface area contributed by atoms with E-state index in [4.69, 9.17) is 5.11 Å². The Balaban J connectivity index is 1.44. The van der Waals surface area contributed by atoms with Gasteiger partial charge in [0.1, 0.15) is 0 Å². The third-order valence-corrected chi connectivity index (χ3v) is 5.39. The van der Waals surface area contributed by atoms with Gasteiger partial charge in [-0.25, -0.2) is 4.79 Å². The average molecular weight is 316 g/mol. The van der Waals surface area contributed by atoms with Crippen molar-refractivity contribution in [2.45, 2.75) is 63.6 Å². The van der Waals surface area contributed by atoms with Crippen molar-refractivity contribution in [1.29, 1.82) is 0 Å². The first-order chi connectivity index (χ1) is 11.2. The predicted molar refractivity (Wildman–Crippen MR) is 91.7 cm³/mol. The maximum absolute atomic E-state index is 11.0. The Labute approximate surface area is 138 Å². The van der Waals surface area contributed by atoms with Crippen LogP contribution in [0.2, 0.25) is 0 Å². The molecule has 2 aliphatic rings. The number of carbonyl (C=O) groups is 1. The molecule has 1 aromatic carbocycles. The summed E-state index contributed by atoms with van der Waals surface area (Å²) in [4.78, 5) is 13.7. The molecule has 2 N–H and O–H groups in total. The first-order valence-corrected chi connectivity index (χ1v) is 9.02. The van der Waals surface area contributed by atoms with Crippen molar-refractivity contribution >= 4 is 5.97 Å². The molecule has 0 amide bonds. The summed E-state index contributed by atoms with van der Waals surface area (Å²) < 4.78 is 0. The monoisotopic (exact) mass is 316 g/mol. The Morgan fingerprint density at radius 1 is 1.13 bits per heavy atom. The van der Waals surface area contributed by atoms with Crippen molar-refractivity contribution in [2.75, 3.05) is 13.1 Å². The van der Waals surface area contributed by atoms with Crippen LogP contribution in [-0.4, -0.2) is 41.1 Å². The smallest absolute Gasteiger partial charge is 0.335 e. The van der Waals surface area contributed by atoms with Crippen LogP contribution >= 0.6 is 0 Å². The minimum Gasteiger partial charge on any atom is -0.478 e. The van der Waals surface area contributed by atoms with Gasteiger partial charge < -0.3 is 15.3 Å². The standard InChI is InChI=1S/C19H28N2O2/c22-19(23)16-6-4-5-15(13-16)14-20-17-9-11-21(12-10-17)18-7-2-1-3-8-18/h4-6,13,17-18,20H,1-3,7-12,14H2,(H,22,23). The van der Waals surface area contributed by atoms with Gasteiger partial charge in [0.2, 0.25) is 0 Å². The van der Waals surface area contributed by atoms with Gasteiger partial charge in [-0.15, -0.1) is 0 Å². The van der Waals surface area contributed by atoms with Crippen molar-refractivity contribution in [3.63, 3.8) is 0 Å². The van der Waals surface area contributed by atoms with E-state index in [-0.39, 0.29) is 0 Å². The van der Waals surface area contributed by atoms with Crippen molar-refractivity contribution < 1.29 is 9.90 Å². The highest BCUT2D eigenvalue weighted by atomic mass is 16.4. The lowest BCUT2D eigenvalue weighted by molar-refractivity contribution is 0.0696. The Hall–Kier alpha value is -1.39. The maximum atomic E-state index is 11.0. The summed E-state index contributed by atoms with van der Waals surface area (Å²) in [5.41, 5.74) is 1.43. The number of carboxylic acids is 1. The van der Waals surface area contributed by atoms with E-state index in [1.165, 1.54) is 58.0 Å². The lowest BCUT2D eigenvalue weighted by Crippen LogP contribution is -2.47. The summed E-state index contributed by atoms with van der Waals surface area (Å²) in [5, 5.41) is 12.7. The van der Waals surface area contributed by atoms with E-state index >= 15 is 0 Å². The fourth-order valence-electron chi connectivity index (χ4n) is 3.99. The van der Waals surface area contributed by atoms with Gasteiger partial charge in [-0.3, -0.25) is 0 Å². The highest BCUT2D eigenvalue weighted by Gasteiger charge is 2.25. The van der Waals surface area contributed by atoms with Crippen LogP contribution in [0.1, 0.15) is 60.9 Å². The topological polar surface area (TPSA) is 52.6 Å². The van der Waals surface area contributed by atoms with Crippen molar-refractivity contribution in [3.05, 3.63) is 35.4 Å². The number of hydrogen-bond donors (Lipinski definition) is 2. The quantitative estimate of drug-likeness (QED) is 0.875. The van der Waals surface area contributed by atoms with Crippen LogP contribution in [0.15, 0.2) is 24.3 Å². The maximum Gasteiger partial charge on any atom is 0.335 e. The molecule has 0 aromatic heterocycles. The number of rotatable bonds is 5. The van der Waals surface area contributed by atoms with Crippen LogP contribution in [0.25, 0.3) is 0 Å². The fourth-order valence-corrected chi connectivity index (χ4v) is 3.99. The van der Waals surface area contributed by atoms with Crippen molar-refractivity contribution in [2.24, 2.45) is 0 Å². The molecular weight excluding hydrogens is 288 g/mol.